The summed E-state index contributed by atoms with van der Waals surface area (Å²) in [6.07, 6.45) is 0. The van der Waals surface area contributed by atoms with Crippen LogP contribution in [-0.2, 0) is 11.3 Å². The Morgan fingerprint density at radius 3 is 2.71 bits per heavy atom. The summed E-state index contributed by atoms with van der Waals surface area (Å²) in [4.78, 5) is 25.0. The number of carboxylic acid groups (broad SMARTS) is 1. The maximum Gasteiger partial charge on any atom is 0.335 e. The predicted molar refractivity (Wildman–Crippen MR) is 79.3 cm³/mol. The van der Waals surface area contributed by atoms with Crippen LogP contribution in [0.25, 0.3) is 0 Å². The minimum absolute atomic E-state index is 0.0305. The van der Waals surface area contributed by atoms with Gasteiger partial charge in [0.25, 0.3) is 0 Å². The van der Waals surface area contributed by atoms with E-state index in [1.165, 1.54) is 0 Å². The van der Waals surface area contributed by atoms with Gasteiger partial charge < -0.3 is 15.7 Å². The molecule has 1 aliphatic heterocycles. The van der Waals surface area contributed by atoms with Crippen molar-refractivity contribution in [2.24, 2.45) is 0 Å². The fourth-order valence-electron chi connectivity index (χ4n) is 2.32. The van der Waals surface area contributed by atoms with Gasteiger partial charge in [0.1, 0.15) is 0 Å². The molecule has 0 saturated carbocycles. The molecule has 0 aliphatic carbocycles. The maximum atomic E-state index is 11.9. The van der Waals surface area contributed by atoms with E-state index in [2.05, 4.69) is 15.5 Å². The van der Waals surface area contributed by atoms with Gasteiger partial charge in [-0.25, -0.2) is 4.79 Å². The van der Waals surface area contributed by atoms with E-state index in [-0.39, 0.29) is 11.5 Å². The van der Waals surface area contributed by atoms with Crippen LogP contribution in [0.15, 0.2) is 18.2 Å². The molecule has 1 aliphatic rings. The van der Waals surface area contributed by atoms with E-state index in [1.54, 1.807) is 18.2 Å². The second-order valence-corrected chi connectivity index (χ2v) is 5.25. The van der Waals surface area contributed by atoms with Gasteiger partial charge in [0, 0.05) is 32.7 Å². The molecule has 1 aromatic rings. The van der Waals surface area contributed by atoms with Crippen LogP contribution in [0.4, 0.5) is 0 Å². The summed E-state index contributed by atoms with van der Waals surface area (Å²) in [5.41, 5.74) is 2.05. The first-order valence-corrected chi connectivity index (χ1v) is 7.09. The number of piperazine rings is 1. The van der Waals surface area contributed by atoms with Crippen LogP contribution in [0.3, 0.4) is 0 Å². The quantitative estimate of drug-likeness (QED) is 0.723. The van der Waals surface area contributed by atoms with Crippen molar-refractivity contribution in [1.29, 1.82) is 0 Å². The molecule has 2 rings (SSSR count). The molecule has 0 aromatic heterocycles. The Bertz CT molecular complexity index is 525. The normalized spacial score (nSPS) is 15.7. The summed E-state index contributed by atoms with van der Waals surface area (Å²) in [7, 11) is 0. The largest absolute Gasteiger partial charge is 0.478 e. The minimum Gasteiger partial charge on any atom is -0.478 e. The van der Waals surface area contributed by atoms with Crippen molar-refractivity contribution >= 4 is 11.9 Å². The lowest BCUT2D eigenvalue weighted by Crippen LogP contribution is -2.47. The van der Waals surface area contributed by atoms with Gasteiger partial charge in [-0.3, -0.25) is 9.69 Å². The van der Waals surface area contributed by atoms with Gasteiger partial charge in [-0.1, -0.05) is 6.07 Å². The number of carbonyl (C=O) groups is 2. The number of carbonyl (C=O) groups excluding carboxylic acids is 1. The highest BCUT2D eigenvalue weighted by molar-refractivity contribution is 5.88. The van der Waals surface area contributed by atoms with Crippen LogP contribution >= 0.6 is 0 Å². The lowest BCUT2D eigenvalue weighted by atomic mass is 10.0. The molecule has 1 saturated heterocycles. The lowest BCUT2D eigenvalue weighted by Gasteiger charge is -2.26. The van der Waals surface area contributed by atoms with Gasteiger partial charge in [0.15, 0.2) is 0 Å². The molecule has 1 heterocycles. The first-order chi connectivity index (χ1) is 10.1. The van der Waals surface area contributed by atoms with Crippen LogP contribution in [0.2, 0.25) is 0 Å². The molecule has 3 N–H and O–H groups in total. The second-order valence-electron chi connectivity index (χ2n) is 5.25. The van der Waals surface area contributed by atoms with E-state index in [9.17, 15) is 9.59 Å². The van der Waals surface area contributed by atoms with Crippen LogP contribution in [0, 0.1) is 6.92 Å². The molecule has 0 spiro atoms. The van der Waals surface area contributed by atoms with E-state index < -0.39 is 5.97 Å². The third kappa shape index (κ3) is 4.54. The molecule has 0 bridgehead atoms. The topological polar surface area (TPSA) is 81.7 Å². The number of rotatable bonds is 5. The van der Waals surface area contributed by atoms with Crippen molar-refractivity contribution in [2.45, 2.75) is 13.5 Å². The summed E-state index contributed by atoms with van der Waals surface area (Å²) in [6, 6.07) is 4.95. The van der Waals surface area contributed by atoms with Gasteiger partial charge in [0.05, 0.1) is 12.1 Å². The summed E-state index contributed by atoms with van der Waals surface area (Å²) < 4.78 is 0. The Hall–Kier alpha value is -1.92. The third-order valence-corrected chi connectivity index (χ3v) is 3.65. The predicted octanol–water partition coefficient (Wildman–Crippen LogP) is 0.215. The van der Waals surface area contributed by atoms with E-state index >= 15 is 0 Å². The molecule has 0 radical (unpaired) electrons. The molecule has 114 valence electrons. The number of benzene rings is 1. The van der Waals surface area contributed by atoms with Crippen molar-refractivity contribution in [3.8, 4) is 0 Å². The second kappa shape index (κ2) is 7.19. The lowest BCUT2D eigenvalue weighted by molar-refractivity contribution is -0.122. The average molecular weight is 291 g/mol. The molecule has 6 nitrogen and oxygen atoms in total. The monoisotopic (exact) mass is 291 g/mol. The van der Waals surface area contributed by atoms with Crippen molar-refractivity contribution in [3.63, 3.8) is 0 Å². The molecule has 0 unspecified atom stereocenters. The highest BCUT2D eigenvalue weighted by Crippen LogP contribution is 2.11. The Labute approximate surface area is 124 Å². The number of carboxylic acids is 1. The van der Waals surface area contributed by atoms with Gasteiger partial charge >= 0.3 is 5.97 Å². The minimum atomic E-state index is -0.955. The number of nitrogens with one attached hydrogen (secondary N) is 2. The summed E-state index contributed by atoms with van der Waals surface area (Å²) >= 11 is 0. The zero-order chi connectivity index (χ0) is 15.2. The van der Waals surface area contributed by atoms with Gasteiger partial charge in [0.2, 0.25) is 5.91 Å². The first kappa shape index (κ1) is 15.5. The highest BCUT2D eigenvalue weighted by atomic mass is 16.4. The zero-order valence-corrected chi connectivity index (χ0v) is 12.2. The molecular formula is C15H21N3O3. The fraction of sp³-hybridized carbons (Fsp3) is 0.467. The Balaban J connectivity index is 1.88. The van der Waals surface area contributed by atoms with Crippen molar-refractivity contribution in [2.75, 3.05) is 32.7 Å². The van der Waals surface area contributed by atoms with Crippen molar-refractivity contribution in [3.05, 3.63) is 34.9 Å². The van der Waals surface area contributed by atoms with Crippen molar-refractivity contribution in [1.82, 2.24) is 15.5 Å². The van der Waals surface area contributed by atoms with Gasteiger partial charge in [-0.15, -0.1) is 0 Å². The Kier molecular flexibility index (Phi) is 5.30. The van der Waals surface area contributed by atoms with Crippen LogP contribution in [-0.4, -0.2) is 54.6 Å². The fourth-order valence-corrected chi connectivity index (χ4v) is 2.32. The number of aromatic carboxylic acids is 1. The average Bonchev–Trinajstić information content (AvgIpc) is 2.47. The zero-order valence-electron chi connectivity index (χ0n) is 12.2. The number of hydrogen-bond acceptors (Lipinski definition) is 4. The standard InChI is InChI=1S/C15H21N3O3/c1-11-2-3-12(15(20)21)8-13(11)9-17-14(19)10-18-6-4-16-5-7-18/h2-3,8,16H,4-7,9-10H2,1H3,(H,17,19)(H,20,21). The van der Waals surface area contributed by atoms with Crippen LogP contribution < -0.4 is 10.6 Å². The smallest absolute Gasteiger partial charge is 0.335 e. The highest BCUT2D eigenvalue weighted by Gasteiger charge is 2.13. The SMILES string of the molecule is Cc1ccc(C(=O)O)cc1CNC(=O)CN1CCNCC1. The third-order valence-electron chi connectivity index (χ3n) is 3.65. The molecule has 21 heavy (non-hydrogen) atoms. The van der Waals surface area contributed by atoms with E-state index in [0.29, 0.717) is 13.1 Å². The molecule has 6 heteroatoms. The number of amides is 1. The number of hydrogen-bond donors (Lipinski definition) is 3. The number of aryl methyl sites for hydroxylation is 1. The Morgan fingerprint density at radius 1 is 1.33 bits per heavy atom. The van der Waals surface area contributed by atoms with Crippen LogP contribution in [0.1, 0.15) is 21.5 Å². The molecular weight excluding hydrogens is 270 g/mol. The summed E-state index contributed by atoms with van der Waals surface area (Å²) in [5, 5.41) is 15.1. The van der Waals surface area contributed by atoms with Gasteiger partial charge in [-0.2, -0.15) is 0 Å². The first-order valence-electron chi connectivity index (χ1n) is 7.09. The van der Waals surface area contributed by atoms with E-state index in [1.807, 2.05) is 6.92 Å². The number of nitrogens with zero attached hydrogens (tertiary/aromatic N) is 1. The molecule has 1 fully saturated rings. The van der Waals surface area contributed by atoms with Gasteiger partial charge in [-0.05, 0) is 30.2 Å². The molecule has 1 amide bonds. The van der Waals surface area contributed by atoms with Crippen LogP contribution in [0.5, 0.6) is 0 Å². The summed E-state index contributed by atoms with van der Waals surface area (Å²) in [6.45, 7) is 6.22. The Morgan fingerprint density at radius 2 is 2.05 bits per heavy atom. The summed E-state index contributed by atoms with van der Waals surface area (Å²) in [5.74, 6) is -0.986. The molecule has 0 atom stereocenters. The van der Waals surface area contributed by atoms with Crippen molar-refractivity contribution < 1.29 is 14.7 Å². The maximum absolute atomic E-state index is 11.9. The molecule has 1 aromatic carbocycles. The van der Waals surface area contributed by atoms with E-state index in [4.69, 9.17) is 5.11 Å². The van der Waals surface area contributed by atoms with E-state index in [0.717, 1.165) is 37.3 Å².